The summed E-state index contributed by atoms with van der Waals surface area (Å²) in [6.07, 6.45) is 1.78. The molecule has 2 atom stereocenters. The molecule has 1 amide bonds. The number of amides is 1. The molecule has 2 aromatic heterocycles. The van der Waals surface area contributed by atoms with Gasteiger partial charge in [0.2, 0.25) is 5.91 Å². The zero-order chi connectivity index (χ0) is 36.0. The Bertz CT molecular complexity index is 1870. The molecule has 0 aliphatic heterocycles. The quantitative estimate of drug-likeness (QED) is 0.0546. The molecule has 0 bridgehead atoms. The minimum Gasteiger partial charge on any atom is -0.490 e. The Morgan fingerprint density at radius 1 is 1.00 bits per heavy atom. The number of carbonyl (C=O) groups excluding carboxylic acids is 2. The van der Waals surface area contributed by atoms with Gasteiger partial charge in [-0.05, 0) is 49.2 Å². The number of halogens is 3. The highest BCUT2D eigenvalue weighted by Crippen LogP contribution is 2.37. The van der Waals surface area contributed by atoms with E-state index in [1.54, 1.807) is 36.4 Å². The van der Waals surface area contributed by atoms with Crippen molar-refractivity contribution in [3.05, 3.63) is 75.8 Å². The summed E-state index contributed by atoms with van der Waals surface area (Å²) in [5, 5.41) is 35.8. The number of thioether (sulfide) groups is 1. The van der Waals surface area contributed by atoms with Crippen molar-refractivity contribution in [1.82, 2.24) is 15.3 Å². The number of nitrogens with one attached hydrogen (secondary N) is 1. The Balaban J connectivity index is 0.00000468. The summed E-state index contributed by atoms with van der Waals surface area (Å²) in [5.74, 6) is -0.561. The average Bonchev–Trinajstić information content (AvgIpc) is 3.60. The lowest BCUT2D eigenvalue weighted by Crippen LogP contribution is -2.50. The van der Waals surface area contributed by atoms with Gasteiger partial charge < -0.3 is 37.1 Å². The van der Waals surface area contributed by atoms with Crippen molar-refractivity contribution in [1.29, 1.82) is 10.5 Å². The fraction of sp³-hybridized carbons (Fsp3) is 0.294. The minimum atomic E-state index is -1.27. The van der Waals surface area contributed by atoms with Crippen molar-refractivity contribution >= 4 is 77.2 Å². The average molecular weight is 808 g/mol. The Hall–Kier alpha value is -4.16. The number of aliphatic hydroxyl groups is 1. The van der Waals surface area contributed by atoms with Crippen molar-refractivity contribution in [2.24, 2.45) is 11.5 Å². The van der Waals surface area contributed by atoms with Crippen LogP contribution in [0.2, 0.25) is 5.02 Å². The number of pyridine rings is 1. The van der Waals surface area contributed by atoms with Crippen molar-refractivity contribution in [3.63, 3.8) is 0 Å². The number of nitrogen functional groups attached to an aromatic ring is 1. The second-order valence-electron chi connectivity index (χ2n) is 10.8. The van der Waals surface area contributed by atoms with Crippen LogP contribution in [0.25, 0.3) is 21.7 Å². The molecule has 8 N–H and O–H groups in total. The Morgan fingerprint density at radius 2 is 1.67 bits per heavy atom. The number of hydrogen-bond donors (Lipinski definition) is 5. The van der Waals surface area contributed by atoms with E-state index in [0.29, 0.717) is 52.1 Å². The topological polar surface area (TPSA) is 236 Å². The van der Waals surface area contributed by atoms with Crippen LogP contribution < -0.4 is 27.3 Å². The lowest BCUT2D eigenvalue weighted by Gasteiger charge is -2.18. The summed E-state index contributed by atoms with van der Waals surface area (Å²) in [6, 6.07) is 16.2. The number of carbonyl (C=O) groups is 2. The molecule has 18 heteroatoms. The van der Waals surface area contributed by atoms with Crippen LogP contribution in [0.1, 0.15) is 36.1 Å². The zero-order valence-electron chi connectivity index (χ0n) is 27.6. The van der Waals surface area contributed by atoms with Gasteiger partial charge in [0.1, 0.15) is 52.5 Å². The molecule has 276 valence electrons. The Labute approximate surface area is 326 Å². The van der Waals surface area contributed by atoms with E-state index < -0.39 is 30.6 Å². The molecule has 0 aliphatic rings. The third kappa shape index (κ3) is 11.9. The van der Waals surface area contributed by atoms with Crippen LogP contribution in [0.15, 0.2) is 58.9 Å². The molecular formula is C34H37Cl3N8O5S2. The summed E-state index contributed by atoms with van der Waals surface area (Å²) in [7, 11) is 0. The maximum Gasteiger partial charge on any atom is 0.331 e. The van der Waals surface area contributed by atoms with Gasteiger partial charge in [-0.3, -0.25) is 4.79 Å². The predicted octanol–water partition coefficient (Wildman–Crippen LogP) is 4.84. The fourth-order valence-corrected chi connectivity index (χ4v) is 6.59. The highest BCUT2D eigenvalue weighted by Gasteiger charge is 2.25. The molecule has 4 aromatic rings. The van der Waals surface area contributed by atoms with E-state index in [1.807, 2.05) is 17.5 Å². The molecule has 2 aromatic carbocycles. The van der Waals surface area contributed by atoms with Gasteiger partial charge in [-0.1, -0.05) is 54.0 Å². The van der Waals surface area contributed by atoms with Crippen LogP contribution in [0.4, 0.5) is 5.82 Å². The predicted molar refractivity (Wildman–Crippen MR) is 206 cm³/mol. The van der Waals surface area contributed by atoms with E-state index in [9.17, 15) is 25.2 Å². The number of aromatic nitrogens is 2. The molecule has 0 unspecified atom stereocenters. The van der Waals surface area contributed by atoms with Crippen LogP contribution in [-0.4, -0.2) is 65.4 Å². The highest BCUT2D eigenvalue weighted by atomic mass is 35.5. The van der Waals surface area contributed by atoms with Gasteiger partial charge in [0.05, 0.1) is 23.9 Å². The van der Waals surface area contributed by atoms with Crippen LogP contribution in [0.3, 0.4) is 0 Å². The summed E-state index contributed by atoms with van der Waals surface area (Å²) in [6.45, 7) is -0.357. The number of rotatable bonds is 17. The SMILES string of the molecule is Cl.Cl.N#Cc1c(N)nc(SCc2csc(-c3ccc(Cl)cc3)n2)c(C#N)c1-c1ccc(OCCOC(=O)[C@H](CO)NC(=O)[C@@H](N)CCCCN)cc1. The summed E-state index contributed by atoms with van der Waals surface area (Å²) < 4.78 is 10.8. The van der Waals surface area contributed by atoms with Gasteiger partial charge in [0.15, 0.2) is 6.04 Å². The zero-order valence-corrected chi connectivity index (χ0v) is 31.6. The number of anilines is 1. The largest absolute Gasteiger partial charge is 0.490 e. The standard InChI is InChI=1S/C34H35ClN8O5S2.2ClH/c35-22-8-4-21(5-9-22)32-41-23(18-49-32)19-50-33-26(16-38)29(25(15-37)30(40)43-33)20-6-10-24(11-7-20)47-13-14-48-34(46)28(17-44)42-31(45)27(39)3-1-2-12-36;;/h4-11,18,27-28,44H,1-3,12-14,17,19,36,39H2,(H2,40,43)(H,42,45);2*1H/t27-,28-;;/m0../s1. The van der Waals surface area contributed by atoms with E-state index in [-0.39, 0.29) is 55.0 Å². The fourth-order valence-electron chi connectivity index (χ4n) is 4.65. The molecule has 4 rings (SSSR count). The van der Waals surface area contributed by atoms with Gasteiger partial charge in [-0.2, -0.15) is 10.5 Å². The van der Waals surface area contributed by atoms with Crippen LogP contribution >= 0.6 is 59.5 Å². The van der Waals surface area contributed by atoms with E-state index >= 15 is 0 Å². The number of nitrogens with two attached hydrogens (primary N) is 3. The van der Waals surface area contributed by atoms with Gasteiger partial charge in [-0.25, -0.2) is 14.8 Å². The number of nitrogens with zero attached hydrogens (tertiary/aromatic N) is 4. The number of thiazole rings is 1. The molecule has 2 heterocycles. The van der Waals surface area contributed by atoms with Crippen molar-refractivity contribution < 1.29 is 24.2 Å². The van der Waals surface area contributed by atoms with Crippen molar-refractivity contribution in [2.45, 2.75) is 42.1 Å². The van der Waals surface area contributed by atoms with Crippen molar-refractivity contribution in [3.8, 4) is 39.6 Å². The summed E-state index contributed by atoms with van der Waals surface area (Å²) in [5.41, 5.74) is 20.4. The normalized spacial score (nSPS) is 11.5. The monoisotopic (exact) mass is 806 g/mol. The lowest BCUT2D eigenvalue weighted by molar-refractivity contribution is -0.149. The first-order valence-corrected chi connectivity index (χ1v) is 17.7. The minimum absolute atomic E-state index is 0. The molecule has 0 saturated carbocycles. The third-order valence-corrected chi connectivity index (χ3v) is 9.45. The highest BCUT2D eigenvalue weighted by molar-refractivity contribution is 7.98. The second-order valence-corrected chi connectivity index (χ2v) is 13.0. The number of nitriles is 2. The number of unbranched alkanes of at least 4 members (excludes halogenated alkanes) is 1. The van der Waals surface area contributed by atoms with E-state index in [4.69, 9.17) is 43.3 Å². The molecule has 0 aliphatic carbocycles. The molecule has 13 nitrogen and oxygen atoms in total. The second kappa shape index (κ2) is 22.0. The van der Waals surface area contributed by atoms with Crippen molar-refractivity contribution in [2.75, 3.05) is 32.1 Å². The maximum absolute atomic E-state index is 12.4. The Morgan fingerprint density at radius 3 is 2.31 bits per heavy atom. The van der Waals surface area contributed by atoms with Gasteiger partial charge in [0.25, 0.3) is 0 Å². The van der Waals surface area contributed by atoms with Gasteiger partial charge in [0, 0.05) is 27.3 Å². The summed E-state index contributed by atoms with van der Waals surface area (Å²) >= 11 is 8.79. The molecule has 0 radical (unpaired) electrons. The number of benzene rings is 2. The van der Waals surface area contributed by atoms with Crippen LogP contribution in [0, 0.1) is 22.7 Å². The van der Waals surface area contributed by atoms with Crippen LogP contribution in [0.5, 0.6) is 5.75 Å². The number of esters is 1. The number of ether oxygens (including phenoxy) is 2. The molecule has 0 spiro atoms. The Kier molecular flexibility index (Phi) is 18.6. The third-order valence-electron chi connectivity index (χ3n) is 7.24. The van der Waals surface area contributed by atoms with E-state index in [0.717, 1.165) is 22.7 Å². The first kappa shape index (κ1) is 44.0. The van der Waals surface area contributed by atoms with Crippen LogP contribution in [-0.2, 0) is 20.1 Å². The molecule has 52 heavy (non-hydrogen) atoms. The molecule has 0 fully saturated rings. The number of aliphatic hydroxyl groups excluding tert-OH is 1. The van der Waals surface area contributed by atoms with E-state index in [2.05, 4.69) is 22.4 Å². The maximum atomic E-state index is 12.4. The molecule has 0 saturated heterocycles. The smallest absolute Gasteiger partial charge is 0.331 e. The van der Waals surface area contributed by atoms with E-state index in [1.165, 1.54) is 23.1 Å². The van der Waals surface area contributed by atoms with Gasteiger partial charge >= 0.3 is 5.97 Å². The van der Waals surface area contributed by atoms with Gasteiger partial charge in [-0.15, -0.1) is 36.2 Å². The first-order chi connectivity index (χ1) is 24.2. The first-order valence-electron chi connectivity index (χ1n) is 15.4. The number of hydrogen-bond acceptors (Lipinski definition) is 14. The summed E-state index contributed by atoms with van der Waals surface area (Å²) in [4.78, 5) is 33.7. The lowest BCUT2D eigenvalue weighted by atomic mass is 9.97. The molecular weight excluding hydrogens is 771 g/mol.